The van der Waals surface area contributed by atoms with Crippen molar-refractivity contribution < 1.29 is 19.1 Å². The van der Waals surface area contributed by atoms with Crippen molar-refractivity contribution in [1.29, 1.82) is 0 Å². The first-order chi connectivity index (χ1) is 17.7. The minimum Gasteiger partial charge on any atom is -0.490 e. The Labute approximate surface area is 238 Å². The van der Waals surface area contributed by atoms with E-state index in [2.05, 4.69) is 21.2 Å². The third kappa shape index (κ3) is 5.99. The molecule has 10 heteroatoms. The predicted molar refractivity (Wildman–Crippen MR) is 153 cm³/mol. The molecular formula is C27H21BrCl2N2O4S. The zero-order chi connectivity index (χ0) is 26.7. The van der Waals surface area contributed by atoms with Crippen LogP contribution in [0.25, 0.3) is 6.08 Å². The van der Waals surface area contributed by atoms with Crippen molar-refractivity contribution in [1.82, 2.24) is 5.32 Å². The summed E-state index contributed by atoms with van der Waals surface area (Å²) < 4.78 is 12.5. The van der Waals surface area contributed by atoms with Crippen molar-refractivity contribution >= 4 is 80.0 Å². The minimum absolute atomic E-state index is 0.0904. The number of halogens is 3. The molecule has 4 rings (SSSR count). The van der Waals surface area contributed by atoms with Crippen molar-refractivity contribution in [3.63, 3.8) is 0 Å². The smallest absolute Gasteiger partial charge is 0.270 e. The Balaban J connectivity index is 1.68. The molecule has 1 saturated heterocycles. The van der Waals surface area contributed by atoms with E-state index in [9.17, 15) is 9.59 Å². The van der Waals surface area contributed by atoms with E-state index in [1.165, 1.54) is 6.08 Å². The Kier molecular flexibility index (Phi) is 8.54. The Bertz CT molecular complexity index is 1440. The van der Waals surface area contributed by atoms with E-state index in [-0.39, 0.29) is 26.4 Å². The van der Waals surface area contributed by atoms with Crippen molar-refractivity contribution in [3.8, 4) is 11.5 Å². The maximum atomic E-state index is 13.4. The summed E-state index contributed by atoms with van der Waals surface area (Å²) in [5.74, 6) is -0.284. The van der Waals surface area contributed by atoms with Gasteiger partial charge < -0.3 is 9.47 Å². The number of ether oxygens (including phenoxy) is 2. The van der Waals surface area contributed by atoms with Gasteiger partial charge in [-0.25, -0.2) is 0 Å². The fraction of sp³-hybridized carbons (Fsp3) is 0.148. The summed E-state index contributed by atoms with van der Waals surface area (Å²) in [7, 11) is 0. The van der Waals surface area contributed by atoms with Gasteiger partial charge in [0.25, 0.3) is 11.8 Å². The number of amides is 2. The van der Waals surface area contributed by atoms with Gasteiger partial charge in [-0.1, -0.05) is 59.1 Å². The molecule has 3 aromatic rings. The quantitative estimate of drug-likeness (QED) is 0.178. The van der Waals surface area contributed by atoms with E-state index in [0.29, 0.717) is 34.7 Å². The molecule has 0 atom stereocenters. The lowest BCUT2D eigenvalue weighted by molar-refractivity contribution is -0.122. The lowest BCUT2D eigenvalue weighted by Crippen LogP contribution is -2.54. The van der Waals surface area contributed by atoms with Crippen LogP contribution < -0.4 is 19.7 Å². The summed E-state index contributed by atoms with van der Waals surface area (Å²) in [5, 5.41) is 2.85. The van der Waals surface area contributed by atoms with E-state index >= 15 is 0 Å². The molecule has 1 aliphatic rings. The molecule has 1 heterocycles. The van der Waals surface area contributed by atoms with Crippen LogP contribution in [0.5, 0.6) is 11.5 Å². The Morgan fingerprint density at radius 1 is 1.08 bits per heavy atom. The lowest BCUT2D eigenvalue weighted by atomic mass is 10.1. The highest BCUT2D eigenvalue weighted by Crippen LogP contribution is 2.39. The standard InChI is InChI=1S/C27H21BrCl2N2O4S/c1-3-35-22-13-17(12-19(28)24(22)36-14-16-7-4-6-15(2)10-16)11-18-25(33)31-27(37)32(26(18)34)21-9-5-8-20(29)23(21)30/h4-13H,3,14H2,1-2H3,(H,31,33,37)/b18-11+. The van der Waals surface area contributed by atoms with Crippen LogP contribution in [0.15, 0.2) is 64.6 Å². The number of rotatable bonds is 7. The van der Waals surface area contributed by atoms with E-state index in [0.717, 1.165) is 16.0 Å². The number of nitrogens with one attached hydrogen (secondary N) is 1. The van der Waals surface area contributed by atoms with Crippen LogP contribution in [0.1, 0.15) is 23.6 Å². The number of anilines is 1. The first-order valence-corrected chi connectivity index (χ1v) is 13.2. The van der Waals surface area contributed by atoms with E-state index in [4.69, 9.17) is 44.9 Å². The number of hydrogen-bond donors (Lipinski definition) is 1. The van der Waals surface area contributed by atoms with Gasteiger partial charge in [0.05, 0.1) is 26.8 Å². The number of carbonyl (C=O) groups excluding carboxylic acids is 2. The van der Waals surface area contributed by atoms with Gasteiger partial charge in [-0.3, -0.25) is 19.8 Å². The van der Waals surface area contributed by atoms with E-state index in [1.807, 2.05) is 38.1 Å². The van der Waals surface area contributed by atoms with Crippen molar-refractivity contribution in [2.45, 2.75) is 20.5 Å². The molecule has 37 heavy (non-hydrogen) atoms. The molecule has 1 aliphatic heterocycles. The number of carbonyl (C=O) groups is 2. The molecule has 1 N–H and O–H groups in total. The molecule has 0 aliphatic carbocycles. The Hall–Kier alpha value is -2.91. The summed E-state index contributed by atoms with van der Waals surface area (Å²) >= 11 is 21.3. The fourth-order valence-electron chi connectivity index (χ4n) is 3.74. The molecular weight excluding hydrogens is 599 g/mol. The van der Waals surface area contributed by atoms with Gasteiger partial charge >= 0.3 is 0 Å². The lowest BCUT2D eigenvalue weighted by Gasteiger charge is -2.29. The first-order valence-electron chi connectivity index (χ1n) is 11.2. The van der Waals surface area contributed by atoms with Crippen LogP contribution in [0.4, 0.5) is 5.69 Å². The number of thiocarbonyl (C=S) groups is 1. The van der Waals surface area contributed by atoms with Crippen LogP contribution in [0.2, 0.25) is 10.0 Å². The van der Waals surface area contributed by atoms with Gasteiger partial charge in [-0.15, -0.1) is 0 Å². The molecule has 1 fully saturated rings. The third-order valence-electron chi connectivity index (χ3n) is 5.38. The normalized spacial score (nSPS) is 14.7. The SMILES string of the molecule is CCOc1cc(/C=C2\C(=O)NC(=S)N(c3cccc(Cl)c3Cl)C2=O)cc(Br)c1OCc1cccc(C)c1. The average molecular weight is 620 g/mol. The van der Waals surface area contributed by atoms with Crippen molar-refractivity contribution in [3.05, 3.63) is 91.4 Å². The summed E-state index contributed by atoms with van der Waals surface area (Å²) in [5.41, 5.74) is 2.83. The molecule has 6 nitrogen and oxygen atoms in total. The van der Waals surface area contributed by atoms with Crippen molar-refractivity contribution in [2.75, 3.05) is 11.5 Å². The highest BCUT2D eigenvalue weighted by atomic mass is 79.9. The van der Waals surface area contributed by atoms with Gasteiger partial charge in [0, 0.05) is 0 Å². The maximum Gasteiger partial charge on any atom is 0.270 e. The number of nitrogens with zero attached hydrogens (tertiary/aromatic N) is 1. The number of hydrogen-bond acceptors (Lipinski definition) is 5. The summed E-state index contributed by atoms with van der Waals surface area (Å²) in [6.45, 7) is 4.61. The van der Waals surface area contributed by atoms with Gasteiger partial charge in [0.2, 0.25) is 0 Å². The molecule has 0 saturated carbocycles. The van der Waals surface area contributed by atoms with E-state index < -0.39 is 11.8 Å². The van der Waals surface area contributed by atoms with Crippen molar-refractivity contribution in [2.24, 2.45) is 0 Å². The summed E-state index contributed by atoms with van der Waals surface area (Å²) in [4.78, 5) is 27.3. The minimum atomic E-state index is -0.633. The Morgan fingerprint density at radius 2 is 1.84 bits per heavy atom. The molecule has 190 valence electrons. The zero-order valence-electron chi connectivity index (χ0n) is 19.8. The molecule has 0 aromatic heterocycles. The second-order valence-corrected chi connectivity index (χ2v) is 10.1. The second kappa shape index (κ2) is 11.6. The summed E-state index contributed by atoms with van der Waals surface area (Å²) in [6, 6.07) is 16.3. The number of aryl methyl sites for hydroxylation is 1. The van der Waals surface area contributed by atoms with Gasteiger partial charge in [0.1, 0.15) is 12.2 Å². The van der Waals surface area contributed by atoms with Gasteiger partial charge in [0.15, 0.2) is 16.6 Å². The molecule has 0 bridgehead atoms. The summed E-state index contributed by atoms with van der Waals surface area (Å²) in [6.07, 6.45) is 1.46. The van der Waals surface area contributed by atoms with Crippen LogP contribution in [-0.4, -0.2) is 23.5 Å². The van der Waals surface area contributed by atoms with Gasteiger partial charge in [-0.2, -0.15) is 0 Å². The van der Waals surface area contributed by atoms with Crippen LogP contribution in [-0.2, 0) is 16.2 Å². The predicted octanol–water partition coefficient (Wildman–Crippen LogP) is 6.87. The van der Waals surface area contributed by atoms with Crippen LogP contribution >= 0.6 is 51.3 Å². The zero-order valence-corrected chi connectivity index (χ0v) is 23.7. The molecule has 0 spiro atoms. The molecule has 0 unspecified atom stereocenters. The first kappa shape index (κ1) is 27.1. The third-order valence-corrected chi connectivity index (χ3v) is 7.06. The fourth-order valence-corrected chi connectivity index (χ4v) is 4.97. The Morgan fingerprint density at radius 3 is 2.57 bits per heavy atom. The van der Waals surface area contributed by atoms with Gasteiger partial charge in [-0.05, 0) is 83.5 Å². The van der Waals surface area contributed by atoms with Crippen LogP contribution in [0.3, 0.4) is 0 Å². The second-order valence-electron chi connectivity index (χ2n) is 8.07. The average Bonchev–Trinajstić information content (AvgIpc) is 2.84. The topological polar surface area (TPSA) is 67.9 Å². The largest absolute Gasteiger partial charge is 0.490 e. The highest BCUT2D eigenvalue weighted by molar-refractivity contribution is 9.10. The molecule has 2 amide bonds. The van der Waals surface area contributed by atoms with E-state index in [1.54, 1.807) is 30.3 Å². The molecule has 0 radical (unpaired) electrons. The van der Waals surface area contributed by atoms with Crippen LogP contribution in [0, 0.1) is 6.92 Å². The molecule has 3 aromatic carbocycles. The maximum absolute atomic E-state index is 13.4. The number of benzene rings is 3. The monoisotopic (exact) mass is 618 g/mol. The highest BCUT2D eigenvalue weighted by Gasteiger charge is 2.35.